The minimum atomic E-state index is 0.295. The maximum absolute atomic E-state index is 12.6. The van der Waals surface area contributed by atoms with Crippen LogP contribution >= 0.6 is 0 Å². The van der Waals surface area contributed by atoms with Gasteiger partial charge in [-0.2, -0.15) is 0 Å². The summed E-state index contributed by atoms with van der Waals surface area (Å²) in [5, 5.41) is 0. The molecule has 2 aliphatic heterocycles. The van der Waals surface area contributed by atoms with Gasteiger partial charge in [-0.1, -0.05) is 48.5 Å². The molecule has 2 heterocycles. The van der Waals surface area contributed by atoms with Gasteiger partial charge in [0, 0.05) is 39.1 Å². The van der Waals surface area contributed by atoms with Crippen molar-refractivity contribution >= 4 is 5.91 Å². The Labute approximate surface area is 143 Å². The highest BCUT2D eigenvalue weighted by atomic mass is 16.2. The number of benzene rings is 2. The molecule has 0 aromatic heterocycles. The molecule has 124 valence electrons. The van der Waals surface area contributed by atoms with Crippen LogP contribution in [-0.4, -0.2) is 35.3 Å². The second-order valence-corrected chi connectivity index (χ2v) is 6.88. The van der Waals surface area contributed by atoms with Crippen molar-refractivity contribution in [3.05, 3.63) is 70.8 Å². The quantitative estimate of drug-likeness (QED) is 0.868. The maximum Gasteiger partial charge on any atom is 0.224 e. The molecular formula is C21H24N2O. The van der Waals surface area contributed by atoms with Crippen molar-refractivity contribution in [1.82, 2.24) is 9.80 Å². The van der Waals surface area contributed by atoms with Crippen molar-refractivity contribution in [3.8, 4) is 0 Å². The summed E-state index contributed by atoms with van der Waals surface area (Å²) in [6, 6.07) is 17.2. The van der Waals surface area contributed by atoms with Crippen LogP contribution in [0.2, 0.25) is 0 Å². The van der Waals surface area contributed by atoms with Crippen LogP contribution in [0.1, 0.15) is 28.7 Å². The maximum atomic E-state index is 12.6. The lowest BCUT2D eigenvalue weighted by molar-refractivity contribution is -0.132. The second-order valence-electron chi connectivity index (χ2n) is 6.88. The molecule has 0 spiro atoms. The lowest BCUT2D eigenvalue weighted by Crippen LogP contribution is -2.39. The zero-order valence-electron chi connectivity index (χ0n) is 14.1. The predicted octanol–water partition coefficient (Wildman–Crippen LogP) is 3.02. The molecular weight excluding hydrogens is 296 g/mol. The fraction of sp³-hybridized carbons (Fsp3) is 0.381. The van der Waals surface area contributed by atoms with E-state index in [1.807, 2.05) is 4.90 Å². The van der Waals surface area contributed by atoms with E-state index in [1.165, 1.54) is 22.3 Å². The molecule has 2 aromatic rings. The van der Waals surface area contributed by atoms with E-state index in [0.717, 1.165) is 45.6 Å². The van der Waals surface area contributed by atoms with Crippen molar-refractivity contribution < 1.29 is 4.79 Å². The zero-order chi connectivity index (χ0) is 16.4. The third kappa shape index (κ3) is 3.22. The highest BCUT2D eigenvalue weighted by molar-refractivity contribution is 5.76. The number of hydrogen-bond acceptors (Lipinski definition) is 2. The van der Waals surface area contributed by atoms with Crippen LogP contribution in [0.15, 0.2) is 48.5 Å². The first kappa shape index (κ1) is 15.4. The minimum absolute atomic E-state index is 0.295. The van der Waals surface area contributed by atoms with Gasteiger partial charge in [-0.25, -0.2) is 0 Å². The summed E-state index contributed by atoms with van der Waals surface area (Å²) in [5.41, 5.74) is 5.59. The average Bonchev–Trinajstić information content (AvgIpc) is 2.65. The molecule has 0 unspecified atom stereocenters. The van der Waals surface area contributed by atoms with Crippen molar-refractivity contribution in [2.75, 3.05) is 19.6 Å². The van der Waals surface area contributed by atoms with Crippen molar-refractivity contribution in [2.24, 2.45) is 0 Å². The third-order valence-electron chi connectivity index (χ3n) is 5.33. The largest absolute Gasteiger partial charge is 0.338 e. The summed E-state index contributed by atoms with van der Waals surface area (Å²) in [6.07, 6.45) is 2.71. The molecule has 0 atom stereocenters. The highest BCUT2D eigenvalue weighted by Gasteiger charge is 2.22. The van der Waals surface area contributed by atoms with Gasteiger partial charge < -0.3 is 4.90 Å². The second kappa shape index (κ2) is 6.78. The van der Waals surface area contributed by atoms with Crippen molar-refractivity contribution in [2.45, 2.75) is 32.4 Å². The van der Waals surface area contributed by atoms with Crippen LogP contribution in [0.5, 0.6) is 0 Å². The molecule has 0 aliphatic carbocycles. The molecule has 1 amide bonds. The number of nitrogens with zero attached hydrogens (tertiary/aromatic N) is 2. The molecule has 0 N–H and O–H groups in total. The van der Waals surface area contributed by atoms with E-state index in [0.29, 0.717) is 12.3 Å². The average molecular weight is 320 g/mol. The lowest BCUT2D eigenvalue weighted by atomic mass is 9.99. The van der Waals surface area contributed by atoms with Gasteiger partial charge in [0.25, 0.3) is 0 Å². The number of hydrogen-bond donors (Lipinski definition) is 0. The Kier molecular flexibility index (Phi) is 4.35. The Hall–Kier alpha value is -2.13. The van der Waals surface area contributed by atoms with Gasteiger partial charge in [0.2, 0.25) is 5.91 Å². The summed E-state index contributed by atoms with van der Waals surface area (Å²) in [6.45, 7) is 4.54. The van der Waals surface area contributed by atoms with Crippen LogP contribution in [0.3, 0.4) is 0 Å². The van der Waals surface area contributed by atoms with E-state index in [4.69, 9.17) is 0 Å². The van der Waals surface area contributed by atoms with Crippen LogP contribution < -0.4 is 0 Å². The van der Waals surface area contributed by atoms with E-state index in [-0.39, 0.29) is 0 Å². The molecule has 0 fully saturated rings. The summed E-state index contributed by atoms with van der Waals surface area (Å²) in [5.74, 6) is 0.295. The van der Waals surface area contributed by atoms with E-state index in [1.54, 1.807) is 0 Å². The molecule has 3 heteroatoms. The summed E-state index contributed by atoms with van der Waals surface area (Å²) in [4.78, 5) is 17.0. The van der Waals surface area contributed by atoms with Gasteiger partial charge in [-0.3, -0.25) is 9.69 Å². The van der Waals surface area contributed by atoms with Gasteiger partial charge in [0.1, 0.15) is 0 Å². The molecule has 0 bridgehead atoms. The summed E-state index contributed by atoms with van der Waals surface area (Å²) >= 11 is 0. The highest BCUT2D eigenvalue weighted by Crippen LogP contribution is 2.21. The topological polar surface area (TPSA) is 23.6 Å². The van der Waals surface area contributed by atoms with Gasteiger partial charge in [0.15, 0.2) is 0 Å². The van der Waals surface area contributed by atoms with Crippen LogP contribution in [0.4, 0.5) is 0 Å². The first-order chi connectivity index (χ1) is 11.8. The summed E-state index contributed by atoms with van der Waals surface area (Å²) < 4.78 is 0. The predicted molar refractivity (Wildman–Crippen MR) is 95.6 cm³/mol. The first-order valence-corrected chi connectivity index (χ1v) is 8.93. The van der Waals surface area contributed by atoms with Crippen LogP contribution in [0.25, 0.3) is 0 Å². The van der Waals surface area contributed by atoms with Gasteiger partial charge in [-0.05, 0) is 35.1 Å². The van der Waals surface area contributed by atoms with Gasteiger partial charge in [-0.15, -0.1) is 0 Å². The lowest BCUT2D eigenvalue weighted by Gasteiger charge is -2.31. The fourth-order valence-electron chi connectivity index (χ4n) is 3.87. The third-order valence-corrected chi connectivity index (χ3v) is 5.33. The SMILES string of the molecule is O=C(CCN1CCc2ccccc2C1)N1CCc2ccccc2C1. The van der Waals surface area contributed by atoms with Crippen LogP contribution in [-0.2, 0) is 30.7 Å². The normalized spacial score (nSPS) is 17.2. The molecule has 3 nitrogen and oxygen atoms in total. The smallest absolute Gasteiger partial charge is 0.224 e. The standard InChI is InChI=1S/C21H24N2O/c24-21(23-14-10-18-6-2-4-8-20(18)16-23)11-13-22-12-9-17-5-1-3-7-19(17)15-22/h1-8H,9-16H2. The number of rotatable bonds is 3. The Morgan fingerprint density at radius 3 is 2.08 bits per heavy atom. The molecule has 0 saturated heterocycles. The molecule has 24 heavy (non-hydrogen) atoms. The van der Waals surface area contributed by atoms with Crippen molar-refractivity contribution in [3.63, 3.8) is 0 Å². The summed E-state index contributed by atoms with van der Waals surface area (Å²) in [7, 11) is 0. The monoisotopic (exact) mass is 320 g/mol. The van der Waals surface area contributed by atoms with Gasteiger partial charge >= 0.3 is 0 Å². The number of carbonyl (C=O) groups is 1. The van der Waals surface area contributed by atoms with Crippen molar-refractivity contribution in [1.29, 1.82) is 0 Å². The number of fused-ring (bicyclic) bond motifs is 2. The number of carbonyl (C=O) groups excluding carboxylic acids is 1. The molecule has 2 aromatic carbocycles. The van der Waals surface area contributed by atoms with Crippen LogP contribution in [0, 0.1) is 0 Å². The Morgan fingerprint density at radius 1 is 0.792 bits per heavy atom. The number of amides is 1. The van der Waals surface area contributed by atoms with E-state index >= 15 is 0 Å². The van der Waals surface area contributed by atoms with E-state index < -0.39 is 0 Å². The molecule has 4 rings (SSSR count). The Bertz CT molecular complexity index is 740. The Morgan fingerprint density at radius 2 is 1.38 bits per heavy atom. The molecule has 0 saturated carbocycles. The first-order valence-electron chi connectivity index (χ1n) is 8.93. The molecule has 0 radical (unpaired) electrons. The Balaban J connectivity index is 1.32. The fourth-order valence-corrected chi connectivity index (χ4v) is 3.87. The molecule has 2 aliphatic rings. The van der Waals surface area contributed by atoms with E-state index in [9.17, 15) is 4.79 Å². The zero-order valence-corrected chi connectivity index (χ0v) is 14.1. The van der Waals surface area contributed by atoms with Gasteiger partial charge in [0.05, 0.1) is 0 Å². The van der Waals surface area contributed by atoms with E-state index in [2.05, 4.69) is 53.4 Å². The minimum Gasteiger partial charge on any atom is -0.338 e.